The summed E-state index contributed by atoms with van der Waals surface area (Å²) >= 11 is 5.82. The van der Waals surface area contributed by atoms with Gasteiger partial charge in [0, 0.05) is 5.02 Å². The molecular weight excluding hydrogens is 279 g/mol. The lowest BCUT2D eigenvalue weighted by molar-refractivity contribution is 0.513. The largest absolute Gasteiger partial charge is 0.420 e. The molecule has 3 aromatic rings. The number of rotatable bonds is 3. The Morgan fingerprint density at radius 2 is 1.75 bits per heavy atom. The molecule has 3 nitrogen and oxygen atoms in total. The van der Waals surface area contributed by atoms with Crippen LogP contribution < -0.4 is 0 Å². The van der Waals surface area contributed by atoms with Gasteiger partial charge >= 0.3 is 0 Å². The number of hydrogen-bond donors (Lipinski definition) is 0. The smallest absolute Gasteiger partial charge is 0.250 e. The first-order valence-corrected chi connectivity index (χ1v) is 6.42. The minimum absolute atomic E-state index is 0.187. The summed E-state index contributed by atoms with van der Waals surface area (Å²) < 4.78 is 19.1. The van der Waals surface area contributed by atoms with Gasteiger partial charge in [-0.05, 0) is 29.8 Å². The SMILES string of the molecule is Fc1ccccc1-c1nnc(Cc2ccc(Cl)cc2)o1. The van der Waals surface area contributed by atoms with E-state index in [1.165, 1.54) is 6.07 Å². The minimum Gasteiger partial charge on any atom is -0.420 e. The predicted molar refractivity (Wildman–Crippen MR) is 74.0 cm³/mol. The maximum atomic E-state index is 13.6. The molecule has 1 aromatic heterocycles. The second-order valence-electron chi connectivity index (χ2n) is 4.28. The molecule has 2 aromatic carbocycles. The van der Waals surface area contributed by atoms with E-state index in [4.69, 9.17) is 16.0 Å². The van der Waals surface area contributed by atoms with E-state index in [0.717, 1.165) is 5.56 Å². The second kappa shape index (κ2) is 5.43. The van der Waals surface area contributed by atoms with Gasteiger partial charge in [-0.2, -0.15) is 0 Å². The fraction of sp³-hybridized carbons (Fsp3) is 0.0667. The Kier molecular flexibility index (Phi) is 3.48. The van der Waals surface area contributed by atoms with Crippen LogP contribution in [0.3, 0.4) is 0 Å². The van der Waals surface area contributed by atoms with Crippen LogP contribution in [0.5, 0.6) is 0 Å². The van der Waals surface area contributed by atoms with Gasteiger partial charge in [-0.3, -0.25) is 0 Å². The Labute approximate surface area is 120 Å². The maximum Gasteiger partial charge on any atom is 0.250 e. The van der Waals surface area contributed by atoms with Gasteiger partial charge in [-0.1, -0.05) is 35.9 Å². The van der Waals surface area contributed by atoms with Crippen LogP contribution in [-0.4, -0.2) is 10.2 Å². The molecule has 0 aliphatic heterocycles. The molecule has 0 saturated carbocycles. The molecule has 0 radical (unpaired) electrons. The average molecular weight is 289 g/mol. The van der Waals surface area contributed by atoms with Crippen LogP contribution in [0.2, 0.25) is 5.02 Å². The van der Waals surface area contributed by atoms with Crippen LogP contribution in [0.1, 0.15) is 11.5 Å². The molecule has 0 bridgehead atoms. The van der Waals surface area contributed by atoms with E-state index < -0.39 is 0 Å². The first kappa shape index (κ1) is 12.8. The molecule has 3 rings (SSSR count). The molecular formula is C15H10ClFN2O. The third-order valence-electron chi connectivity index (χ3n) is 2.84. The van der Waals surface area contributed by atoms with Crippen LogP contribution in [0, 0.1) is 5.82 Å². The van der Waals surface area contributed by atoms with Gasteiger partial charge in [0.05, 0.1) is 12.0 Å². The normalized spacial score (nSPS) is 10.7. The van der Waals surface area contributed by atoms with Crippen molar-refractivity contribution in [1.82, 2.24) is 10.2 Å². The lowest BCUT2D eigenvalue weighted by Gasteiger charge is -1.97. The molecule has 0 aliphatic carbocycles. The zero-order valence-corrected chi connectivity index (χ0v) is 11.1. The summed E-state index contributed by atoms with van der Waals surface area (Å²) in [5.41, 5.74) is 1.31. The van der Waals surface area contributed by atoms with E-state index in [-0.39, 0.29) is 11.7 Å². The number of hydrogen-bond acceptors (Lipinski definition) is 3. The Balaban J connectivity index is 1.84. The molecule has 0 spiro atoms. The maximum absolute atomic E-state index is 13.6. The van der Waals surface area contributed by atoms with E-state index in [1.807, 2.05) is 12.1 Å². The van der Waals surface area contributed by atoms with Gasteiger partial charge in [0.2, 0.25) is 5.89 Å². The van der Waals surface area contributed by atoms with E-state index in [9.17, 15) is 4.39 Å². The van der Waals surface area contributed by atoms with Gasteiger partial charge in [0.25, 0.3) is 5.89 Å². The van der Waals surface area contributed by atoms with E-state index >= 15 is 0 Å². The standard InChI is InChI=1S/C15H10ClFN2O/c16-11-7-5-10(6-8-11)9-14-18-19-15(20-14)12-3-1-2-4-13(12)17/h1-8H,9H2. The van der Waals surface area contributed by atoms with Crippen molar-refractivity contribution in [3.63, 3.8) is 0 Å². The zero-order valence-electron chi connectivity index (χ0n) is 10.4. The molecule has 100 valence electrons. The summed E-state index contributed by atoms with van der Waals surface area (Å²) in [7, 11) is 0. The van der Waals surface area contributed by atoms with Crippen LogP contribution in [0.4, 0.5) is 4.39 Å². The quantitative estimate of drug-likeness (QED) is 0.728. The topological polar surface area (TPSA) is 38.9 Å². The van der Waals surface area contributed by atoms with Crippen LogP contribution in [-0.2, 0) is 6.42 Å². The Morgan fingerprint density at radius 3 is 2.50 bits per heavy atom. The number of aromatic nitrogens is 2. The van der Waals surface area contributed by atoms with E-state index in [1.54, 1.807) is 30.3 Å². The third kappa shape index (κ3) is 2.70. The third-order valence-corrected chi connectivity index (χ3v) is 3.09. The van der Waals surface area contributed by atoms with Gasteiger partial charge < -0.3 is 4.42 Å². The summed E-state index contributed by atoms with van der Waals surface area (Å²) in [6.45, 7) is 0. The van der Waals surface area contributed by atoms with Crippen molar-refractivity contribution in [1.29, 1.82) is 0 Å². The van der Waals surface area contributed by atoms with Gasteiger partial charge in [0.15, 0.2) is 0 Å². The average Bonchev–Trinajstić information content (AvgIpc) is 2.90. The monoisotopic (exact) mass is 288 g/mol. The zero-order chi connectivity index (χ0) is 13.9. The molecule has 0 saturated heterocycles. The Hall–Kier alpha value is -2.20. The van der Waals surface area contributed by atoms with Crippen molar-refractivity contribution in [3.8, 4) is 11.5 Å². The molecule has 0 atom stereocenters. The lowest BCUT2D eigenvalue weighted by Crippen LogP contribution is -1.87. The molecule has 0 fully saturated rings. The summed E-state index contributed by atoms with van der Waals surface area (Å²) in [5, 5.41) is 8.49. The van der Waals surface area contributed by atoms with Crippen molar-refractivity contribution in [2.24, 2.45) is 0 Å². The summed E-state index contributed by atoms with van der Waals surface area (Å²) in [4.78, 5) is 0. The number of benzene rings is 2. The highest BCUT2D eigenvalue weighted by Gasteiger charge is 2.12. The highest BCUT2D eigenvalue weighted by Crippen LogP contribution is 2.22. The number of nitrogens with zero attached hydrogens (tertiary/aromatic N) is 2. The van der Waals surface area contributed by atoms with Crippen molar-refractivity contribution < 1.29 is 8.81 Å². The van der Waals surface area contributed by atoms with Crippen molar-refractivity contribution in [3.05, 3.63) is 70.8 Å². The van der Waals surface area contributed by atoms with Gasteiger partial charge in [0.1, 0.15) is 5.82 Å². The van der Waals surface area contributed by atoms with Crippen LogP contribution >= 0.6 is 11.6 Å². The molecule has 20 heavy (non-hydrogen) atoms. The Bertz CT molecular complexity index is 725. The number of halogens is 2. The molecule has 0 N–H and O–H groups in total. The van der Waals surface area contributed by atoms with Crippen molar-refractivity contribution in [2.75, 3.05) is 0 Å². The summed E-state index contributed by atoms with van der Waals surface area (Å²) in [6.07, 6.45) is 0.485. The van der Waals surface area contributed by atoms with Crippen molar-refractivity contribution in [2.45, 2.75) is 6.42 Å². The fourth-order valence-electron chi connectivity index (χ4n) is 1.85. The highest BCUT2D eigenvalue weighted by molar-refractivity contribution is 6.30. The predicted octanol–water partition coefficient (Wildman–Crippen LogP) is 4.12. The van der Waals surface area contributed by atoms with Gasteiger partial charge in [-0.15, -0.1) is 10.2 Å². The molecule has 5 heteroatoms. The molecule has 0 aliphatic rings. The Morgan fingerprint density at radius 1 is 1.00 bits per heavy atom. The van der Waals surface area contributed by atoms with Crippen LogP contribution in [0.15, 0.2) is 52.9 Å². The van der Waals surface area contributed by atoms with E-state index in [0.29, 0.717) is 22.9 Å². The highest BCUT2D eigenvalue weighted by atomic mass is 35.5. The molecule has 0 unspecified atom stereocenters. The van der Waals surface area contributed by atoms with Gasteiger partial charge in [-0.25, -0.2) is 4.39 Å². The first-order valence-electron chi connectivity index (χ1n) is 6.04. The van der Waals surface area contributed by atoms with Crippen molar-refractivity contribution >= 4 is 11.6 Å². The summed E-state index contributed by atoms with van der Waals surface area (Å²) in [5.74, 6) is 0.242. The lowest BCUT2D eigenvalue weighted by atomic mass is 10.1. The minimum atomic E-state index is -0.380. The first-order chi connectivity index (χ1) is 9.72. The summed E-state index contributed by atoms with van der Waals surface area (Å²) in [6, 6.07) is 13.7. The fourth-order valence-corrected chi connectivity index (χ4v) is 1.97. The van der Waals surface area contributed by atoms with E-state index in [2.05, 4.69) is 10.2 Å². The molecule has 1 heterocycles. The molecule has 0 amide bonds. The van der Waals surface area contributed by atoms with Crippen LogP contribution in [0.25, 0.3) is 11.5 Å². The second-order valence-corrected chi connectivity index (χ2v) is 4.72.